The Kier molecular flexibility index (Phi) is 4.34. The molecule has 1 atom stereocenters. The molecule has 0 bridgehead atoms. The normalized spacial score (nSPS) is 12.0. The van der Waals surface area contributed by atoms with Crippen LogP contribution in [0.5, 0.6) is 0 Å². The van der Waals surface area contributed by atoms with Crippen molar-refractivity contribution in [3.8, 4) is 0 Å². The van der Waals surface area contributed by atoms with Crippen LogP contribution in [0, 0.1) is 0 Å². The van der Waals surface area contributed by atoms with Crippen LogP contribution in [0.4, 0.5) is 0 Å². The molecule has 7 nitrogen and oxygen atoms in total. The Bertz CT molecular complexity index is 736. The molecule has 1 aromatic carbocycles. The topological polar surface area (TPSA) is 117 Å². The molecule has 0 aliphatic heterocycles. The van der Waals surface area contributed by atoms with E-state index >= 15 is 0 Å². The quantitative estimate of drug-likeness (QED) is 0.685. The van der Waals surface area contributed by atoms with Gasteiger partial charge in [-0.2, -0.15) is 0 Å². The highest BCUT2D eigenvalue weighted by molar-refractivity contribution is 5.96. The first-order valence-corrected chi connectivity index (χ1v) is 6.21. The smallest absolute Gasteiger partial charge is 0.349 e. The van der Waals surface area contributed by atoms with Crippen molar-refractivity contribution < 1.29 is 24.2 Å². The van der Waals surface area contributed by atoms with Crippen LogP contribution in [0.2, 0.25) is 0 Å². The lowest BCUT2D eigenvalue weighted by Gasteiger charge is -2.07. The highest BCUT2D eigenvalue weighted by atomic mass is 16.4. The number of aliphatic hydroxyl groups is 1. The van der Waals surface area contributed by atoms with Crippen molar-refractivity contribution in [1.29, 1.82) is 0 Å². The third kappa shape index (κ3) is 3.46. The molecule has 0 aliphatic carbocycles. The predicted octanol–water partition coefficient (Wildman–Crippen LogP) is 0.358. The van der Waals surface area contributed by atoms with Crippen LogP contribution < -0.4 is 10.9 Å². The minimum absolute atomic E-state index is 0.0709. The second-order valence-corrected chi connectivity index (χ2v) is 4.38. The SMILES string of the molecule is O=C(NCC[C@H](O)C(=O)O)c1cc2ccccc2oc1=O. The van der Waals surface area contributed by atoms with Crippen LogP contribution in [-0.2, 0) is 4.79 Å². The summed E-state index contributed by atoms with van der Waals surface area (Å²) in [4.78, 5) is 34.0. The van der Waals surface area contributed by atoms with Crippen LogP contribution in [-0.4, -0.2) is 34.7 Å². The first-order chi connectivity index (χ1) is 9.99. The van der Waals surface area contributed by atoms with Gasteiger partial charge in [-0.3, -0.25) is 4.79 Å². The third-order valence-corrected chi connectivity index (χ3v) is 2.87. The van der Waals surface area contributed by atoms with E-state index in [1.807, 2.05) is 0 Å². The summed E-state index contributed by atoms with van der Waals surface area (Å²) in [5, 5.41) is 20.5. The van der Waals surface area contributed by atoms with E-state index in [1.165, 1.54) is 6.07 Å². The molecule has 3 N–H and O–H groups in total. The Labute approximate surface area is 118 Å². The Morgan fingerprint density at radius 2 is 2.00 bits per heavy atom. The lowest BCUT2D eigenvalue weighted by molar-refractivity contribution is -0.146. The van der Waals surface area contributed by atoms with E-state index in [0.29, 0.717) is 11.0 Å². The number of carboxylic acids is 1. The number of aliphatic carboxylic acids is 1. The monoisotopic (exact) mass is 291 g/mol. The van der Waals surface area contributed by atoms with Crippen LogP contribution in [0.25, 0.3) is 11.0 Å². The maximum absolute atomic E-state index is 11.9. The maximum Gasteiger partial charge on any atom is 0.349 e. The van der Waals surface area contributed by atoms with Crippen LogP contribution >= 0.6 is 0 Å². The van der Waals surface area contributed by atoms with Gasteiger partial charge in [0, 0.05) is 18.4 Å². The molecule has 2 aromatic rings. The number of hydrogen-bond acceptors (Lipinski definition) is 5. The molecular weight excluding hydrogens is 278 g/mol. The lowest BCUT2D eigenvalue weighted by Crippen LogP contribution is -2.32. The number of carbonyl (C=O) groups is 2. The summed E-state index contributed by atoms with van der Waals surface area (Å²) in [6.45, 7) is -0.0709. The first-order valence-electron chi connectivity index (χ1n) is 6.21. The number of hydrogen-bond donors (Lipinski definition) is 3. The fourth-order valence-corrected chi connectivity index (χ4v) is 1.76. The van der Waals surface area contributed by atoms with Gasteiger partial charge in [0.15, 0.2) is 6.10 Å². The van der Waals surface area contributed by atoms with E-state index in [-0.39, 0.29) is 18.5 Å². The zero-order chi connectivity index (χ0) is 15.4. The summed E-state index contributed by atoms with van der Waals surface area (Å²) in [6, 6.07) is 8.17. The Morgan fingerprint density at radius 1 is 1.29 bits per heavy atom. The number of aliphatic hydroxyl groups excluding tert-OH is 1. The van der Waals surface area contributed by atoms with Crippen molar-refractivity contribution in [3.05, 3.63) is 46.3 Å². The minimum atomic E-state index is -1.56. The van der Waals surface area contributed by atoms with Crippen LogP contribution in [0.15, 0.2) is 39.5 Å². The number of benzene rings is 1. The summed E-state index contributed by atoms with van der Waals surface area (Å²) in [5.74, 6) is -2.04. The lowest BCUT2D eigenvalue weighted by atomic mass is 10.1. The van der Waals surface area contributed by atoms with Gasteiger partial charge in [-0.25, -0.2) is 9.59 Å². The molecule has 0 aliphatic rings. The van der Waals surface area contributed by atoms with E-state index in [4.69, 9.17) is 14.6 Å². The third-order valence-electron chi connectivity index (χ3n) is 2.87. The zero-order valence-electron chi connectivity index (χ0n) is 10.9. The molecule has 21 heavy (non-hydrogen) atoms. The molecule has 0 unspecified atom stereocenters. The second-order valence-electron chi connectivity index (χ2n) is 4.38. The average Bonchev–Trinajstić information content (AvgIpc) is 2.46. The molecule has 1 aromatic heterocycles. The van der Waals surface area contributed by atoms with E-state index < -0.39 is 23.6 Å². The molecular formula is C14H13NO6. The second kappa shape index (κ2) is 6.19. The molecule has 2 rings (SSSR count). The van der Waals surface area contributed by atoms with Crippen LogP contribution in [0.3, 0.4) is 0 Å². The number of carboxylic acid groups (broad SMARTS) is 1. The number of nitrogens with one attached hydrogen (secondary N) is 1. The van der Waals surface area contributed by atoms with Crippen LogP contribution in [0.1, 0.15) is 16.8 Å². The predicted molar refractivity (Wildman–Crippen MR) is 73.1 cm³/mol. The van der Waals surface area contributed by atoms with E-state index in [1.54, 1.807) is 24.3 Å². The zero-order valence-corrected chi connectivity index (χ0v) is 10.9. The van der Waals surface area contributed by atoms with Gasteiger partial charge in [-0.1, -0.05) is 18.2 Å². The van der Waals surface area contributed by atoms with Crippen molar-refractivity contribution in [3.63, 3.8) is 0 Å². The highest BCUT2D eigenvalue weighted by Gasteiger charge is 2.16. The van der Waals surface area contributed by atoms with Crippen molar-refractivity contribution >= 4 is 22.8 Å². The summed E-state index contributed by atoms with van der Waals surface area (Å²) >= 11 is 0. The molecule has 0 saturated carbocycles. The van der Waals surface area contributed by atoms with Gasteiger partial charge >= 0.3 is 11.6 Å². The van der Waals surface area contributed by atoms with Crippen molar-refractivity contribution in [2.24, 2.45) is 0 Å². The molecule has 0 spiro atoms. The number of fused-ring (bicyclic) bond motifs is 1. The molecule has 1 amide bonds. The van der Waals surface area contributed by atoms with Gasteiger partial charge in [-0.15, -0.1) is 0 Å². The number of para-hydroxylation sites is 1. The van der Waals surface area contributed by atoms with Gasteiger partial charge in [0.1, 0.15) is 11.1 Å². The largest absolute Gasteiger partial charge is 0.479 e. The Hall–Kier alpha value is -2.67. The van der Waals surface area contributed by atoms with Gasteiger partial charge in [0.25, 0.3) is 5.91 Å². The number of amides is 1. The van der Waals surface area contributed by atoms with Gasteiger partial charge in [-0.05, 0) is 12.1 Å². The molecule has 110 valence electrons. The van der Waals surface area contributed by atoms with Gasteiger partial charge in [0.2, 0.25) is 0 Å². The van der Waals surface area contributed by atoms with E-state index in [0.717, 1.165) is 0 Å². The van der Waals surface area contributed by atoms with Crippen molar-refractivity contribution in [2.75, 3.05) is 6.54 Å². The standard InChI is InChI=1S/C14H13NO6/c16-10(13(18)19)5-6-15-12(17)9-7-8-3-1-2-4-11(8)21-14(9)20/h1-4,7,10,16H,5-6H2,(H,15,17)(H,18,19)/t10-/m0/s1. The Balaban J connectivity index is 2.11. The molecule has 0 radical (unpaired) electrons. The minimum Gasteiger partial charge on any atom is -0.479 e. The fourth-order valence-electron chi connectivity index (χ4n) is 1.76. The van der Waals surface area contributed by atoms with Crippen molar-refractivity contribution in [2.45, 2.75) is 12.5 Å². The summed E-state index contributed by atoms with van der Waals surface area (Å²) in [6.07, 6.45) is -1.71. The summed E-state index contributed by atoms with van der Waals surface area (Å²) in [7, 11) is 0. The highest BCUT2D eigenvalue weighted by Crippen LogP contribution is 2.12. The average molecular weight is 291 g/mol. The molecule has 1 heterocycles. The number of rotatable bonds is 5. The fraction of sp³-hybridized carbons (Fsp3) is 0.214. The van der Waals surface area contributed by atoms with Crippen molar-refractivity contribution in [1.82, 2.24) is 5.32 Å². The summed E-state index contributed by atoms with van der Waals surface area (Å²) < 4.78 is 5.02. The first kappa shape index (κ1) is 14.7. The van der Waals surface area contributed by atoms with E-state index in [2.05, 4.69) is 5.32 Å². The maximum atomic E-state index is 11.9. The molecule has 0 fully saturated rings. The van der Waals surface area contributed by atoms with Gasteiger partial charge in [0.05, 0.1) is 0 Å². The van der Waals surface area contributed by atoms with Gasteiger partial charge < -0.3 is 19.9 Å². The van der Waals surface area contributed by atoms with E-state index in [9.17, 15) is 14.4 Å². The molecule has 0 saturated heterocycles. The Morgan fingerprint density at radius 3 is 2.71 bits per heavy atom. The summed E-state index contributed by atoms with van der Waals surface area (Å²) in [5.41, 5.74) is -0.566. The number of carbonyl (C=O) groups excluding carboxylic acids is 1. The molecule has 7 heteroatoms.